The molecule has 3 rings (SSSR count). The van der Waals surface area contributed by atoms with Crippen LogP contribution in [-0.2, 0) is 16.0 Å². The van der Waals surface area contributed by atoms with Crippen LogP contribution < -0.4 is 5.32 Å². The van der Waals surface area contributed by atoms with Crippen LogP contribution in [0, 0.1) is 5.41 Å². The molecule has 21 heavy (non-hydrogen) atoms. The molecule has 0 atom stereocenters. The molecule has 0 saturated carbocycles. The van der Waals surface area contributed by atoms with Crippen molar-refractivity contribution in [3.8, 4) is 0 Å². The molecule has 1 aromatic carbocycles. The Hall–Kier alpha value is -1.88. The fourth-order valence-corrected chi connectivity index (χ4v) is 2.92. The second-order valence-electron chi connectivity index (χ2n) is 5.90. The van der Waals surface area contributed by atoms with Crippen LogP contribution >= 0.6 is 0 Å². The van der Waals surface area contributed by atoms with Crippen molar-refractivity contribution in [1.82, 2.24) is 5.32 Å². The van der Waals surface area contributed by atoms with E-state index in [1.807, 2.05) is 24.3 Å². The summed E-state index contributed by atoms with van der Waals surface area (Å²) in [4.78, 5) is 15.4. The maximum absolute atomic E-state index is 10.7. The predicted molar refractivity (Wildman–Crippen MR) is 79.7 cm³/mol. The zero-order valence-corrected chi connectivity index (χ0v) is 12.0. The topological polar surface area (TPSA) is 70.9 Å². The van der Waals surface area contributed by atoms with Crippen LogP contribution in [0.2, 0.25) is 0 Å². The van der Waals surface area contributed by atoms with Crippen molar-refractivity contribution >= 4 is 11.8 Å². The van der Waals surface area contributed by atoms with Crippen molar-refractivity contribution in [2.24, 2.45) is 10.4 Å². The smallest absolute Gasteiger partial charge is 0.307 e. The van der Waals surface area contributed by atoms with Gasteiger partial charge in [0.1, 0.15) is 5.84 Å². The van der Waals surface area contributed by atoms with Gasteiger partial charge < -0.3 is 15.2 Å². The molecule has 0 aromatic heterocycles. The van der Waals surface area contributed by atoms with E-state index in [4.69, 9.17) is 14.8 Å². The number of carboxylic acids is 1. The van der Waals surface area contributed by atoms with Crippen LogP contribution in [-0.4, -0.2) is 43.2 Å². The number of ether oxygens (including phenoxy) is 1. The quantitative estimate of drug-likeness (QED) is 0.883. The fraction of sp³-hybridized carbons (Fsp3) is 0.500. The van der Waals surface area contributed by atoms with Crippen LogP contribution in [0.3, 0.4) is 0 Å². The van der Waals surface area contributed by atoms with E-state index in [2.05, 4.69) is 5.32 Å². The second kappa shape index (κ2) is 5.85. The van der Waals surface area contributed by atoms with Gasteiger partial charge in [-0.25, -0.2) is 0 Å². The number of benzene rings is 1. The molecule has 5 heteroatoms. The number of hydrogen-bond acceptors (Lipinski definition) is 4. The van der Waals surface area contributed by atoms with Crippen molar-refractivity contribution in [3.05, 3.63) is 35.4 Å². The van der Waals surface area contributed by atoms with E-state index in [1.165, 1.54) is 0 Å². The van der Waals surface area contributed by atoms with Crippen molar-refractivity contribution in [2.75, 3.05) is 26.3 Å². The van der Waals surface area contributed by atoms with Crippen LogP contribution in [0.4, 0.5) is 0 Å². The summed E-state index contributed by atoms with van der Waals surface area (Å²) < 4.78 is 5.43. The van der Waals surface area contributed by atoms with E-state index < -0.39 is 5.97 Å². The molecule has 2 aliphatic rings. The predicted octanol–water partition coefficient (Wildman–Crippen LogP) is 1.46. The summed E-state index contributed by atoms with van der Waals surface area (Å²) in [6.45, 7) is 3.44. The second-order valence-corrected chi connectivity index (χ2v) is 5.90. The van der Waals surface area contributed by atoms with Gasteiger partial charge in [0, 0.05) is 37.3 Å². The monoisotopic (exact) mass is 288 g/mol. The van der Waals surface area contributed by atoms with Crippen LogP contribution in [0.15, 0.2) is 29.3 Å². The molecule has 2 N–H and O–H groups in total. The van der Waals surface area contributed by atoms with E-state index in [9.17, 15) is 4.79 Å². The molecule has 2 heterocycles. The van der Waals surface area contributed by atoms with Crippen molar-refractivity contribution in [3.63, 3.8) is 0 Å². The summed E-state index contributed by atoms with van der Waals surface area (Å²) in [6, 6.07) is 7.58. The highest BCUT2D eigenvalue weighted by atomic mass is 16.5. The third-order valence-corrected chi connectivity index (χ3v) is 4.34. The number of hydrogen-bond donors (Lipinski definition) is 2. The average Bonchev–Trinajstić information content (AvgIpc) is 2.49. The summed E-state index contributed by atoms with van der Waals surface area (Å²) in [6.07, 6.45) is 2.19. The van der Waals surface area contributed by atoms with Gasteiger partial charge in [-0.1, -0.05) is 24.3 Å². The van der Waals surface area contributed by atoms with Gasteiger partial charge in [0.25, 0.3) is 0 Å². The minimum Gasteiger partial charge on any atom is -0.481 e. The maximum atomic E-state index is 10.7. The highest BCUT2D eigenvalue weighted by molar-refractivity contribution is 5.99. The summed E-state index contributed by atoms with van der Waals surface area (Å²) in [7, 11) is 0. The summed E-state index contributed by atoms with van der Waals surface area (Å²) in [5, 5.41) is 12.2. The number of aliphatic imine (C=N–C) groups is 1. The average molecular weight is 288 g/mol. The van der Waals surface area contributed by atoms with Crippen LogP contribution in [0.5, 0.6) is 0 Å². The van der Waals surface area contributed by atoms with E-state index in [1.54, 1.807) is 0 Å². The van der Waals surface area contributed by atoms with E-state index in [-0.39, 0.29) is 11.8 Å². The van der Waals surface area contributed by atoms with E-state index in [0.717, 1.165) is 56.1 Å². The Labute approximate surface area is 124 Å². The van der Waals surface area contributed by atoms with Gasteiger partial charge in [0.15, 0.2) is 0 Å². The molecule has 1 spiro atoms. The maximum Gasteiger partial charge on any atom is 0.307 e. The van der Waals surface area contributed by atoms with Crippen molar-refractivity contribution in [2.45, 2.75) is 19.3 Å². The van der Waals surface area contributed by atoms with Gasteiger partial charge in [-0.2, -0.15) is 0 Å². The first kappa shape index (κ1) is 14.1. The molecule has 5 nitrogen and oxygen atoms in total. The lowest BCUT2D eigenvalue weighted by Gasteiger charge is -2.39. The molecule has 0 amide bonds. The number of nitrogens with zero attached hydrogens (tertiary/aromatic N) is 1. The molecule has 1 saturated heterocycles. The zero-order chi connectivity index (χ0) is 14.7. The minimum absolute atomic E-state index is 0.0588. The normalized spacial score (nSPS) is 20.7. The Kier molecular flexibility index (Phi) is 3.92. The summed E-state index contributed by atoms with van der Waals surface area (Å²) >= 11 is 0. The van der Waals surface area contributed by atoms with E-state index >= 15 is 0 Å². The third-order valence-electron chi connectivity index (χ3n) is 4.34. The molecule has 0 unspecified atom stereocenters. The molecule has 0 bridgehead atoms. The Morgan fingerprint density at radius 2 is 2.00 bits per heavy atom. The summed E-state index contributed by atoms with van der Waals surface area (Å²) in [5.74, 6) is 0.103. The third kappa shape index (κ3) is 3.24. The van der Waals surface area contributed by atoms with Gasteiger partial charge in [0.05, 0.1) is 6.42 Å². The number of amidine groups is 1. The van der Waals surface area contributed by atoms with E-state index in [0.29, 0.717) is 0 Å². The Morgan fingerprint density at radius 3 is 2.57 bits per heavy atom. The van der Waals surface area contributed by atoms with Gasteiger partial charge in [-0.3, -0.25) is 9.79 Å². The number of carboxylic acid groups (broad SMARTS) is 1. The van der Waals surface area contributed by atoms with Crippen LogP contribution in [0.1, 0.15) is 24.0 Å². The molecular formula is C16H20N2O3. The lowest BCUT2D eigenvalue weighted by Crippen LogP contribution is -2.47. The fourth-order valence-electron chi connectivity index (χ4n) is 2.92. The number of aliphatic carboxylic acids is 1. The molecule has 1 aromatic rings. The highest BCUT2D eigenvalue weighted by Crippen LogP contribution is 2.32. The largest absolute Gasteiger partial charge is 0.481 e. The molecule has 1 fully saturated rings. The van der Waals surface area contributed by atoms with Gasteiger partial charge in [0.2, 0.25) is 0 Å². The summed E-state index contributed by atoms with van der Waals surface area (Å²) in [5.41, 5.74) is 2.08. The molecule has 2 aliphatic heterocycles. The molecule has 0 radical (unpaired) electrons. The first-order valence-corrected chi connectivity index (χ1v) is 7.34. The zero-order valence-electron chi connectivity index (χ0n) is 12.0. The first-order chi connectivity index (χ1) is 10.2. The lowest BCUT2D eigenvalue weighted by molar-refractivity contribution is -0.136. The number of rotatable bonds is 3. The molecule has 0 aliphatic carbocycles. The number of nitrogens with one attached hydrogen (secondary N) is 1. The van der Waals surface area contributed by atoms with Gasteiger partial charge in [-0.15, -0.1) is 0 Å². The standard InChI is InChI=1S/C16H20N2O3/c19-14(20)9-12-1-3-13(4-2-12)15-17-10-16(11-18-15)5-7-21-8-6-16/h1-4H,5-11H2,(H,17,18)(H,19,20). The molecule has 112 valence electrons. The van der Waals surface area contributed by atoms with Gasteiger partial charge in [-0.05, 0) is 18.4 Å². The van der Waals surface area contributed by atoms with Gasteiger partial charge >= 0.3 is 5.97 Å². The van der Waals surface area contributed by atoms with Crippen molar-refractivity contribution < 1.29 is 14.6 Å². The van der Waals surface area contributed by atoms with Crippen molar-refractivity contribution in [1.29, 1.82) is 0 Å². The Bertz CT molecular complexity index is 545. The Morgan fingerprint density at radius 1 is 1.29 bits per heavy atom. The minimum atomic E-state index is -0.808. The SMILES string of the molecule is O=C(O)Cc1ccc(C2=NCC3(CCOCC3)CN2)cc1. The Balaban J connectivity index is 1.69. The molecular weight excluding hydrogens is 268 g/mol. The van der Waals surface area contributed by atoms with Crippen LogP contribution in [0.25, 0.3) is 0 Å². The highest BCUT2D eigenvalue weighted by Gasteiger charge is 2.35. The number of carbonyl (C=O) groups is 1. The first-order valence-electron chi connectivity index (χ1n) is 7.34. The lowest BCUT2D eigenvalue weighted by atomic mass is 9.79.